The van der Waals surface area contributed by atoms with Crippen molar-refractivity contribution in [3.8, 4) is 17.2 Å². The first-order valence-corrected chi connectivity index (χ1v) is 12.4. The summed E-state index contributed by atoms with van der Waals surface area (Å²) in [7, 11) is 5.42. The standard InChI is InChI=1S/C26H35N2O4P/c1-30-21-8-10-22(11-9-21)31-15-4-5-25(33)27-23(18-28-13-2-3-14-28)26(29)20-7-6-19-12-16-32-24(19)17-20/h6-11,17,23,26-27,29,33H,2-5,12-16,18H2,1H3/t23-,26-/m1/s1. The lowest BCUT2D eigenvalue weighted by Gasteiger charge is -2.29. The van der Waals surface area contributed by atoms with Crippen LogP contribution in [0.2, 0.25) is 0 Å². The summed E-state index contributed by atoms with van der Waals surface area (Å²) in [6.45, 7) is 4.32. The summed E-state index contributed by atoms with van der Waals surface area (Å²) in [5.41, 5.74) is 3.10. The monoisotopic (exact) mass is 470 g/mol. The van der Waals surface area contributed by atoms with E-state index < -0.39 is 6.10 Å². The number of methoxy groups -OCH3 is 1. The lowest BCUT2D eigenvalue weighted by Crippen LogP contribution is -2.46. The highest BCUT2D eigenvalue weighted by Crippen LogP contribution is 2.30. The molecule has 2 aliphatic heterocycles. The van der Waals surface area contributed by atoms with Gasteiger partial charge < -0.3 is 24.2 Å². The van der Waals surface area contributed by atoms with E-state index in [1.165, 1.54) is 18.4 Å². The van der Waals surface area contributed by atoms with Crippen LogP contribution in [0.4, 0.5) is 0 Å². The fourth-order valence-electron chi connectivity index (χ4n) is 4.47. The van der Waals surface area contributed by atoms with Gasteiger partial charge in [0.15, 0.2) is 0 Å². The SMILES string of the molecule is COc1ccc(OCCCC(=P)N[C@H](CN2CCCC2)[C@H](O)c2ccc3c(c2)OCC3)cc1. The number of fused-ring (bicyclic) bond motifs is 1. The minimum atomic E-state index is -0.623. The molecular formula is C26H35N2O4P. The van der Waals surface area contributed by atoms with Crippen molar-refractivity contribution in [2.45, 2.75) is 44.2 Å². The number of likely N-dealkylation sites (tertiary alicyclic amines) is 1. The summed E-state index contributed by atoms with van der Waals surface area (Å²) in [6, 6.07) is 13.6. The van der Waals surface area contributed by atoms with Gasteiger partial charge in [0.25, 0.3) is 0 Å². The van der Waals surface area contributed by atoms with Gasteiger partial charge in [0.05, 0.1) is 32.5 Å². The maximum Gasteiger partial charge on any atom is 0.122 e. The summed E-state index contributed by atoms with van der Waals surface area (Å²) in [5.74, 6) is 2.56. The van der Waals surface area contributed by atoms with Crippen molar-refractivity contribution in [2.75, 3.05) is 40.0 Å². The first-order chi connectivity index (χ1) is 16.1. The zero-order chi connectivity index (χ0) is 23.0. The van der Waals surface area contributed by atoms with Gasteiger partial charge in [-0.05, 0) is 80.2 Å². The number of aliphatic hydroxyl groups excluding tert-OH is 1. The van der Waals surface area contributed by atoms with Gasteiger partial charge in [-0.3, -0.25) is 5.32 Å². The minimum Gasteiger partial charge on any atom is -0.497 e. The smallest absolute Gasteiger partial charge is 0.122 e. The Morgan fingerprint density at radius 3 is 2.67 bits per heavy atom. The summed E-state index contributed by atoms with van der Waals surface area (Å²) in [4.78, 5) is 2.43. The van der Waals surface area contributed by atoms with Crippen molar-refractivity contribution in [2.24, 2.45) is 0 Å². The lowest BCUT2D eigenvalue weighted by atomic mass is 9.99. The molecule has 0 aromatic heterocycles. The Labute approximate surface area is 199 Å². The molecule has 0 spiro atoms. The third kappa shape index (κ3) is 6.70. The van der Waals surface area contributed by atoms with Crippen molar-refractivity contribution >= 4 is 14.3 Å². The summed E-state index contributed by atoms with van der Waals surface area (Å²) >= 11 is 0. The predicted octanol–water partition coefficient (Wildman–Crippen LogP) is 3.85. The van der Waals surface area contributed by atoms with E-state index in [-0.39, 0.29) is 6.04 Å². The van der Waals surface area contributed by atoms with Crippen molar-refractivity contribution in [1.82, 2.24) is 10.2 Å². The van der Waals surface area contributed by atoms with Gasteiger partial charge in [0.2, 0.25) is 0 Å². The van der Waals surface area contributed by atoms with E-state index in [0.29, 0.717) is 6.61 Å². The summed E-state index contributed by atoms with van der Waals surface area (Å²) < 4.78 is 16.7. The normalized spacial score (nSPS) is 17.3. The molecule has 2 aromatic rings. The van der Waals surface area contributed by atoms with Crippen LogP contribution in [0.1, 0.15) is 42.9 Å². The highest BCUT2D eigenvalue weighted by atomic mass is 31.0. The first kappa shape index (κ1) is 24.0. The number of hydrogen-bond donors (Lipinski definition) is 2. The molecule has 0 amide bonds. The van der Waals surface area contributed by atoms with E-state index in [1.807, 2.05) is 36.4 Å². The zero-order valence-electron chi connectivity index (χ0n) is 19.4. The number of nitrogens with zero attached hydrogens (tertiary/aromatic N) is 1. The van der Waals surface area contributed by atoms with Crippen LogP contribution in [0.5, 0.6) is 17.2 Å². The second-order valence-corrected chi connectivity index (χ2v) is 9.38. The van der Waals surface area contributed by atoms with Crippen LogP contribution in [-0.4, -0.2) is 61.4 Å². The molecule has 0 saturated carbocycles. The molecule has 2 N–H and O–H groups in total. The molecule has 178 valence electrons. The van der Waals surface area contributed by atoms with Crippen LogP contribution in [0.15, 0.2) is 42.5 Å². The number of aliphatic hydroxyl groups is 1. The molecule has 0 aliphatic carbocycles. The lowest BCUT2D eigenvalue weighted by molar-refractivity contribution is 0.116. The molecule has 0 bridgehead atoms. The molecule has 2 aliphatic rings. The van der Waals surface area contributed by atoms with E-state index in [2.05, 4.69) is 25.1 Å². The van der Waals surface area contributed by atoms with Crippen molar-refractivity contribution in [3.63, 3.8) is 0 Å². The quantitative estimate of drug-likeness (QED) is 0.363. The Morgan fingerprint density at radius 2 is 1.91 bits per heavy atom. The summed E-state index contributed by atoms with van der Waals surface area (Å²) in [5, 5.41) is 14.8. The Balaban J connectivity index is 1.30. The van der Waals surface area contributed by atoms with E-state index in [1.54, 1.807) is 7.11 Å². The molecule has 7 heteroatoms. The molecule has 2 heterocycles. The van der Waals surface area contributed by atoms with Crippen LogP contribution in [0, 0.1) is 0 Å². The average molecular weight is 471 g/mol. The van der Waals surface area contributed by atoms with Crippen molar-refractivity contribution in [1.29, 1.82) is 0 Å². The summed E-state index contributed by atoms with van der Waals surface area (Å²) in [6.07, 6.45) is 4.44. The Bertz CT molecular complexity index is 915. The second-order valence-electron chi connectivity index (χ2n) is 8.78. The van der Waals surface area contributed by atoms with E-state index in [0.717, 1.165) is 73.7 Å². The van der Waals surface area contributed by atoms with E-state index in [4.69, 9.17) is 14.2 Å². The van der Waals surface area contributed by atoms with Crippen molar-refractivity contribution < 1.29 is 19.3 Å². The first-order valence-electron chi connectivity index (χ1n) is 11.9. The third-order valence-electron chi connectivity index (χ3n) is 6.36. The van der Waals surface area contributed by atoms with Gasteiger partial charge in [0, 0.05) is 18.4 Å². The third-order valence-corrected chi connectivity index (χ3v) is 6.75. The van der Waals surface area contributed by atoms with Gasteiger partial charge in [-0.2, -0.15) is 0 Å². The Morgan fingerprint density at radius 1 is 1.15 bits per heavy atom. The molecule has 2 atom stereocenters. The highest BCUT2D eigenvalue weighted by molar-refractivity contribution is 7.20. The van der Waals surface area contributed by atoms with Gasteiger partial charge >= 0.3 is 0 Å². The van der Waals surface area contributed by atoms with Gasteiger partial charge in [-0.1, -0.05) is 12.1 Å². The minimum absolute atomic E-state index is 0.113. The maximum atomic E-state index is 11.3. The average Bonchev–Trinajstić information content (AvgIpc) is 3.53. The second kappa shape index (κ2) is 11.8. The zero-order valence-corrected chi connectivity index (χ0v) is 20.4. The molecule has 1 saturated heterocycles. The van der Waals surface area contributed by atoms with Crippen LogP contribution in [-0.2, 0) is 6.42 Å². The molecule has 33 heavy (non-hydrogen) atoms. The van der Waals surface area contributed by atoms with Gasteiger partial charge in [-0.25, -0.2) is 0 Å². The van der Waals surface area contributed by atoms with Crippen LogP contribution in [0.25, 0.3) is 0 Å². The number of hydrogen-bond acceptors (Lipinski definition) is 5. The van der Waals surface area contributed by atoms with E-state index in [9.17, 15) is 5.11 Å². The molecule has 1 fully saturated rings. The maximum absolute atomic E-state index is 11.3. The van der Waals surface area contributed by atoms with Gasteiger partial charge in [0.1, 0.15) is 17.2 Å². The largest absolute Gasteiger partial charge is 0.497 e. The van der Waals surface area contributed by atoms with Crippen LogP contribution in [0.3, 0.4) is 0 Å². The fraction of sp³-hybridized carbons (Fsp3) is 0.500. The van der Waals surface area contributed by atoms with Crippen LogP contribution >= 0.6 is 8.86 Å². The topological polar surface area (TPSA) is 63.2 Å². The van der Waals surface area contributed by atoms with E-state index >= 15 is 0 Å². The number of nitrogens with one attached hydrogen (secondary N) is 1. The van der Waals surface area contributed by atoms with Crippen molar-refractivity contribution in [3.05, 3.63) is 53.6 Å². The molecule has 6 nitrogen and oxygen atoms in total. The predicted molar refractivity (Wildman–Crippen MR) is 134 cm³/mol. The fourth-order valence-corrected chi connectivity index (χ4v) is 4.84. The molecule has 0 unspecified atom stereocenters. The van der Waals surface area contributed by atoms with Gasteiger partial charge in [-0.15, -0.1) is 8.86 Å². The highest BCUT2D eigenvalue weighted by Gasteiger charge is 2.26. The molecule has 0 radical (unpaired) electrons. The molecular weight excluding hydrogens is 435 g/mol. The Hall–Kier alpha value is -2.11. The van der Waals surface area contributed by atoms with Crippen LogP contribution < -0.4 is 19.5 Å². The number of rotatable bonds is 12. The Kier molecular flexibility index (Phi) is 8.63. The molecule has 2 aromatic carbocycles. The number of ether oxygens (including phenoxy) is 3. The number of benzene rings is 2. The molecule has 4 rings (SSSR count).